The van der Waals surface area contributed by atoms with Crippen molar-refractivity contribution in [2.24, 2.45) is 0 Å². The Kier molecular flexibility index (Phi) is 3.97. The standard InChI is InChI=1S/C14H17NO4/c1-2-5-11(12(17)8-16)15-13(18)9-6-3-4-7-10(9)14(15)19/h3-4,6-7,11-12,16-17H,2,5,8H2,1H3/t11-,12-/m1/s1. The first-order chi connectivity index (χ1) is 9.11. The van der Waals surface area contributed by atoms with Crippen LogP contribution in [0.4, 0.5) is 0 Å². The van der Waals surface area contributed by atoms with E-state index >= 15 is 0 Å². The molecule has 102 valence electrons. The Morgan fingerprint density at radius 3 is 2.11 bits per heavy atom. The predicted octanol–water partition coefficient (Wildman–Crippen LogP) is 0.805. The lowest BCUT2D eigenvalue weighted by molar-refractivity contribution is 0.0121. The van der Waals surface area contributed by atoms with Crippen LogP contribution in [0.1, 0.15) is 40.5 Å². The van der Waals surface area contributed by atoms with Gasteiger partial charge in [-0.25, -0.2) is 0 Å². The number of carbonyl (C=O) groups excluding carboxylic acids is 2. The maximum atomic E-state index is 12.3. The third-order valence-electron chi connectivity index (χ3n) is 3.37. The molecule has 0 saturated carbocycles. The van der Waals surface area contributed by atoms with Crippen molar-refractivity contribution in [1.82, 2.24) is 4.90 Å². The summed E-state index contributed by atoms with van der Waals surface area (Å²) in [4.78, 5) is 25.6. The molecule has 1 aliphatic rings. The highest BCUT2D eigenvalue weighted by Gasteiger charge is 2.41. The third kappa shape index (κ3) is 2.27. The van der Waals surface area contributed by atoms with Crippen LogP contribution in [0.5, 0.6) is 0 Å². The Hall–Kier alpha value is -1.72. The molecule has 2 N–H and O–H groups in total. The van der Waals surface area contributed by atoms with Crippen molar-refractivity contribution < 1.29 is 19.8 Å². The molecule has 2 rings (SSSR count). The Morgan fingerprint density at radius 2 is 1.68 bits per heavy atom. The molecular weight excluding hydrogens is 246 g/mol. The van der Waals surface area contributed by atoms with E-state index in [9.17, 15) is 14.7 Å². The van der Waals surface area contributed by atoms with Crippen molar-refractivity contribution in [2.45, 2.75) is 31.9 Å². The number of imide groups is 1. The minimum Gasteiger partial charge on any atom is -0.394 e. The van der Waals surface area contributed by atoms with E-state index in [1.165, 1.54) is 0 Å². The van der Waals surface area contributed by atoms with Gasteiger partial charge in [0.1, 0.15) is 0 Å². The number of amides is 2. The lowest BCUT2D eigenvalue weighted by Crippen LogP contribution is -2.48. The zero-order valence-corrected chi connectivity index (χ0v) is 10.7. The number of benzene rings is 1. The van der Waals surface area contributed by atoms with E-state index in [1.54, 1.807) is 24.3 Å². The molecular formula is C14H17NO4. The summed E-state index contributed by atoms with van der Waals surface area (Å²) in [6.07, 6.45) is 0.0599. The second kappa shape index (κ2) is 5.50. The number of nitrogens with zero attached hydrogens (tertiary/aromatic N) is 1. The van der Waals surface area contributed by atoms with Gasteiger partial charge in [-0.15, -0.1) is 0 Å². The topological polar surface area (TPSA) is 77.8 Å². The molecule has 2 atom stereocenters. The Bertz CT molecular complexity index is 465. The Morgan fingerprint density at radius 1 is 1.16 bits per heavy atom. The van der Waals surface area contributed by atoms with Gasteiger partial charge < -0.3 is 10.2 Å². The summed E-state index contributed by atoms with van der Waals surface area (Å²) < 4.78 is 0. The van der Waals surface area contributed by atoms with E-state index in [4.69, 9.17) is 5.11 Å². The first-order valence-electron chi connectivity index (χ1n) is 6.37. The largest absolute Gasteiger partial charge is 0.394 e. The molecule has 5 nitrogen and oxygen atoms in total. The predicted molar refractivity (Wildman–Crippen MR) is 68.7 cm³/mol. The van der Waals surface area contributed by atoms with Gasteiger partial charge >= 0.3 is 0 Å². The van der Waals surface area contributed by atoms with Crippen LogP contribution in [0, 0.1) is 0 Å². The fourth-order valence-electron chi connectivity index (χ4n) is 2.42. The maximum absolute atomic E-state index is 12.3. The van der Waals surface area contributed by atoms with Crippen LogP contribution in [0.15, 0.2) is 24.3 Å². The van der Waals surface area contributed by atoms with Crippen molar-refractivity contribution in [3.8, 4) is 0 Å². The first-order valence-corrected chi connectivity index (χ1v) is 6.37. The van der Waals surface area contributed by atoms with Gasteiger partial charge in [-0.3, -0.25) is 14.5 Å². The van der Waals surface area contributed by atoms with E-state index in [2.05, 4.69) is 0 Å². The zero-order valence-electron chi connectivity index (χ0n) is 10.7. The molecule has 2 amide bonds. The summed E-state index contributed by atoms with van der Waals surface area (Å²) in [6, 6.07) is 5.92. The molecule has 0 bridgehead atoms. The normalized spacial score (nSPS) is 17.5. The molecule has 0 fully saturated rings. The summed E-state index contributed by atoms with van der Waals surface area (Å²) in [6.45, 7) is 1.42. The molecule has 0 aromatic heterocycles. The van der Waals surface area contributed by atoms with Gasteiger partial charge in [0, 0.05) is 0 Å². The van der Waals surface area contributed by atoms with Crippen LogP contribution in [0.3, 0.4) is 0 Å². The lowest BCUT2D eigenvalue weighted by atomic mass is 10.0. The number of hydrogen-bond acceptors (Lipinski definition) is 4. The monoisotopic (exact) mass is 263 g/mol. The number of hydrogen-bond donors (Lipinski definition) is 2. The smallest absolute Gasteiger partial charge is 0.261 e. The average molecular weight is 263 g/mol. The van der Waals surface area contributed by atoms with Gasteiger partial charge in [0.05, 0.1) is 29.9 Å². The number of carbonyl (C=O) groups is 2. The molecule has 19 heavy (non-hydrogen) atoms. The molecule has 0 aliphatic carbocycles. The lowest BCUT2D eigenvalue weighted by Gasteiger charge is -2.29. The quantitative estimate of drug-likeness (QED) is 0.770. The van der Waals surface area contributed by atoms with E-state index in [0.29, 0.717) is 24.0 Å². The summed E-state index contributed by atoms with van der Waals surface area (Å²) >= 11 is 0. The molecule has 1 aromatic rings. The maximum Gasteiger partial charge on any atom is 0.261 e. The highest BCUT2D eigenvalue weighted by molar-refractivity contribution is 6.21. The fourth-order valence-corrected chi connectivity index (χ4v) is 2.42. The van der Waals surface area contributed by atoms with Crippen molar-refractivity contribution in [2.75, 3.05) is 6.61 Å². The summed E-state index contributed by atoms with van der Waals surface area (Å²) in [5.41, 5.74) is 0.720. The summed E-state index contributed by atoms with van der Waals surface area (Å²) in [7, 11) is 0. The van der Waals surface area contributed by atoms with Crippen LogP contribution in [-0.2, 0) is 0 Å². The van der Waals surface area contributed by atoms with Crippen LogP contribution < -0.4 is 0 Å². The second-order valence-corrected chi connectivity index (χ2v) is 4.63. The Labute approximate surface area is 111 Å². The minimum atomic E-state index is -1.11. The van der Waals surface area contributed by atoms with E-state index < -0.39 is 30.6 Å². The molecule has 1 aromatic carbocycles. The molecule has 0 radical (unpaired) electrons. The minimum absolute atomic E-state index is 0.360. The van der Waals surface area contributed by atoms with Crippen LogP contribution in [0.25, 0.3) is 0 Å². The molecule has 1 aliphatic heterocycles. The highest BCUT2D eigenvalue weighted by atomic mass is 16.3. The van der Waals surface area contributed by atoms with E-state index in [0.717, 1.165) is 4.90 Å². The van der Waals surface area contributed by atoms with Crippen LogP contribution in [-0.4, -0.2) is 45.7 Å². The van der Waals surface area contributed by atoms with Crippen molar-refractivity contribution in [3.05, 3.63) is 35.4 Å². The van der Waals surface area contributed by atoms with Gasteiger partial charge in [-0.2, -0.15) is 0 Å². The number of rotatable bonds is 5. The molecule has 0 saturated heterocycles. The van der Waals surface area contributed by atoms with E-state index in [-0.39, 0.29) is 0 Å². The van der Waals surface area contributed by atoms with Crippen molar-refractivity contribution >= 4 is 11.8 Å². The zero-order chi connectivity index (χ0) is 14.0. The second-order valence-electron chi connectivity index (χ2n) is 4.63. The van der Waals surface area contributed by atoms with Gasteiger partial charge in [0.2, 0.25) is 0 Å². The average Bonchev–Trinajstić information content (AvgIpc) is 2.68. The first kappa shape index (κ1) is 13.7. The highest BCUT2D eigenvalue weighted by Crippen LogP contribution is 2.27. The van der Waals surface area contributed by atoms with Gasteiger partial charge in [-0.05, 0) is 18.6 Å². The number of fused-ring (bicyclic) bond motifs is 1. The SMILES string of the molecule is CCC[C@H]([C@H](O)CO)N1C(=O)c2ccccc2C1=O. The fraction of sp³-hybridized carbons (Fsp3) is 0.429. The van der Waals surface area contributed by atoms with Gasteiger partial charge in [0.25, 0.3) is 11.8 Å². The van der Waals surface area contributed by atoms with Crippen molar-refractivity contribution in [3.63, 3.8) is 0 Å². The molecule has 0 unspecified atom stereocenters. The molecule has 0 spiro atoms. The number of aliphatic hydroxyl groups excluding tert-OH is 2. The van der Waals surface area contributed by atoms with Crippen LogP contribution >= 0.6 is 0 Å². The third-order valence-corrected chi connectivity index (χ3v) is 3.37. The number of aliphatic hydroxyl groups is 2. The van der Waals surface area contributed by atoms with Gasteiger partial charge in [-0.1, -0.05) is 25.5 Å². The van der Waals surface area contributed by atoms with Gasteiger partial charge in [0.15, 0.2) is 0 Å². The van der Waals surface area contributed by atoms with E-state index in [1.807, 2.05) is 6.92 Å². The Balaban J connectivity index is 2.36. The molecule has 5 heteroatoms. The van der Waals surface area contributed by atoms with Crippen LogP contribution in [0.2, 0.25) is 0 Å². The summed E-state index contributed by atoms with van der Waals surface area (Å²) in [5, 5.41) is 18.9. The molecule has 1 heterocycles. The van der Waals surface area contributed by atoms with Crippen molar-refractivity contribution in [1.29, 1.82) is 0 Å². The summed E-state index contributed by atoms with van der Waals surface area (Å²) in [5.74, 6) is -0.793.